The van der Waals surface area contributed by atoms with E-state index in [-0.39, 0.29) is 22.1 Å². The Morgan fingerprint density at radius 3 is 2.44 bits per heavy atom. The molecule has 25 heavy (non-hydrogen) atoms. The maximum absolute atomic E-state index is 12.7. The van der Waals surface area contributed by atoms with Crippen LogP contribution < -0.4 is 20.3 Å². The quantitative estimate of drug-likeness (QED) is 0.857. The number of aromatic amines is 1. The van der Waals surface area contributed by atoms with Crippen LogP contribution in [0, 0.1) is 0 Å². The number of hydrogen-bond acceptors (Lipinski definition) is 4. The van der Waals surface area contributed by atoms with Crippen LogP contribution >= 0.6 is 11.6 Å². The molecule has 1 aromatic heterocycles. The van der Waals surface area contributed by atoms with Gasteiger partial charge in [0.2, 0.25) is 0 Å². The summed E-state index contributed by atoms with van der Waals surface area (Å²) >= 11 is 5.98. The third-order valence-electron chi connectivity index (χ3n) is 3.17. The van der Waals surface area contributed by atoms with Gasteiger partial charge in [0.15, 0.2) is 11.5 Å². The van der Waals surface area contributed by atoms with Crippen LogP contribution in [0.5, 0.6) is 11.5 Å². The van der Waals surface area contributed by atoms with Gasteiger partial charge in [0.05, 0.1) is 24.8 Å². The molecule has 1 aromatic carbocycles. The molecular formula is C15H12ClF3N2O4. The van der Waals surface area contributed by atoms with Crippen LogP contribution in [0.2, 0.25) is 5.02 Å². The number of hydrogen-bond donors (Lipinski definition) is 2. The molecule has 2 N–H and O–H groups in total. The van der Waals surface area contributed by atoms with Crippen molar-refractivity contribution >= 4 is 23.2 Å². The smallest absolute Gasteiger partial charge is 0.417 e. The second kappa shape index (κ2) is 7.06. The van der Waals surface area contributed by atoms with E-state index in [9.17, 15) is 22.8 Å². The highest BCUT2D eigenvalue weighted by atomic mass is 35.5. The number of carbonyl (C=O) groups excluding carboxylic acids is 1. The maximum atomic E-state index is 12.7. The first-order valence-electron chi connectivity index (χ1n) is 6.70. The highest BCUT2D eigenvalue weighted by Crippen LogP contribution is 2.36. The first-order valence-corrected chi connectivity index (χ1v) is 7.08. The summed E-state index contributed by atoms with van der Waals surface area (Å²) in [7, 11) is 2.68. The zero-order chi connectivity index (χ0) is 18.8. The molecule has 134 valence electrons. The Bertz CT molecular complexity index is 865. The molecule has 1 amide bonds. The predicted octanol–water partition coefficient (Wildman–Crippen LogP) is 3.32. The monoisotopic (exact) mass is 376 g/mol. The lowest BCUT2D eigenvalue weighted by Crippen LogP contribution is -2.21. The molecule has 0 aliphatic carbocycles. The number of pyridine rings is 1. The second-order valence-corrected chi connectivity index (χ2v) is 5.18. The summed E-state index contributed by atoms with van der Waals surface area (Å²) in [6, 6.07) is 3.06. The van der Waals surface area contributed by atoms with Gasteiger partial charge in [-0.1, -0.05) is 11.6 Å². The van der Waals surface area contributed by atoms with Crippen LogP contribution in [0.1, 0.15) is 15.9 Å². The van der Waals surface area contributed by atoms with Crippen molar-refractivity contribution < 1.29 is 27.4 Å². The molecule has 1 heterocycles. The van der Waals surface area contributed by atoms with Gasteiger partial charge in [-0.25, -0.2) is 0 Å². The Morgan fingerprint density at radius 1 is 1.20 bits per heavy atom. The van der Waals surface area contributed by atoms with Crippen molar-refractivity contribution in [2.24, 2.45) is 0 Å². The SMILES string of the molecule is COc1cc(C(=O)Nc2cc(C(F)(F)F)c[nH]c2=O)cc(Cl)c1OC. The lowest BCUT2D eigenvalue weighted by Gasteiger charge is -2.12. The van der Waals surface area contributed by atoms with Gasteiger partial charge in [-0.15, -0.1) is 0 Å². The van der Waals surface area contributed by atoms with E-state index < -0.39 is 28.9 Å². The third-order valence-corrected chi connectivity index (χ3v) is 3.46. The fraction of sp³-hybridized carbons (Fsp3) is 0.200. The molecular weight excluding hydrogens is 365 g/mol. The minimum atomic E-state index is -4.67. The van der Waals surface area contributed by atoms with Gasteiger partial charge < -0.3 is 19.8 Å². The molecule has 0 fully saturated rings. The summed E-state index contributed by atoms with van der Waals surface area (Å²) < 4.78 is 48.2. The molecule has 0 atom stereocenters. The minimum Gasteiger partial charge on any atom is -0.493 e. The molecule has 0 aliphatic heterocycles. The fourth-order valence-corrected chi connectivity index (χ4v) is 2.27. The third kappa shape index (κ3) is 4.05. The Kier molecular flexibility index (Phi) is 5.27. The van der Waals surface area contributed by atoms with Crippen molar-refractivity contribution in [3.63, 3.8) is 0 Å². The first-order chi connectivity index (χ1) is 11.7. The molecule has 0 spiro atoms. The molecule has 0 bridgehead atoms. The van der Waals surface area contributed by atoms with Crippen molar-refractivity contribution in [3.8, 4) is 11.5 Å². The summed E-state index contributed by atoms with van der Waals surface area (Å²) in [5.41, 5.74) is -2.56. The van der Waals surface area contributed by atoms with Gasteiger partial charge in [0.1, 0.15) is 5.69 Å². The summed E-state index contributed by atoms with van der Waals surface area (Å²) in [5, 5.41) is 2.18. The van der Waals surface area contributed by atoms with Gasteiger partial charge in [-0.05, 0) is 18.2 Å². The Hall–Kier alpha value is -2.68. The summed E-state index contributed by atoms with van der Waals surface area (Å²) in [5.74, 6) is -0.497. The van der Waals surface area contributed by atoms with Gasteiger partial charge in [0, 0.05) is 11.8 Å². The van der Waals surface area contributed by atoms with E-state index in [1.165, 1.54) is 26.4 Å². The highest BCUT2D eigenvalue weighted by molar-refractivity contribution is 6.32. The number of alkyl halides is 3. The average Bonchev–Trinajstić information content (AvgIpc) is 2.54. The van der Waals surface area contributed by atoms with Crippen molar-refractivity contribution in [2.75, 3.05) is 19.5 Å². The minimum absolute atomic E-state index is 0.0283. The second-order valence-electron chi connectivity index (χ2n) is 4.78. The number of benzene rings is 1. The molecule has 2 aromatic rings. The van der Waals surface area contributed by atoms with Crippen LogP contribution in [0.25, 0.3) is 0 Å². The van der Waals surface area contributed by atoms with Crippen LogP contribution in [0.3, 0.4) is 0 Å². The van der Waals surface area contributed by atoms with E-state index in [2.05, 4.69) is 5.32 Å². The lowest BCUT2D eigenvalue weighted by molar-refractivity contribution is -0.137. The van der Waals surface area contributed by atoms with E-state index in [0.29, 0.717) is 12.3 Å². The fourth-order valence-electron chi connectivity index (χ4n) is 1.98. The number of nitrogens with one attached hydrogen (secondary N) is 2. The molecule has 0 aliphatic rings. The lowest BCUT2D eigenvalue weighted by atomic mass is 10.1. The number of ether oxygens (including phenoxy) is 2. The standard InChI is InChI=1S/C15H12ClF3N2O4/c1-24-11-4-7(3-9(16)12(11)25-2)13(22)21-10-5-8(15(17,18)19)6-20-14(10)23/h3-6H,1-2H3,(H,20,23)(H,21,22). The normalized spacial score (nSPS) is 11.1. The van der Waals surface area contributed by atoms with E-state index in [4.69, 9.17) is 21.1 Å². The van der Waals surface area contributed by atoms with E-state index in [0.717, 1.165) is 0 Å². The van der Waals surface area contributed by atoms with Crippen LogP contribution in [0.15, 0.2) is 29.2 Å². The highest BCUT2D eigenvalue weighted by Gasteiger charge is 2.31. The number of methoxy groups -OCH3 is 2. The van der Waals surface area contributed by atoms with Crippen LogP contribution in [-0.4, -0.2) is 25.1 Å². The number of amides is 1. The number of H-pyrrole nitrogens is 1. The largest absolute Gasteiger partial charge is 0.493 e. The topological polar surface area (TPSA) is 80.4 Å². The summed E-state index contributed by atoms with van der Waals surface area (Å²) in [6.45, 7) is 0. The summed E-state index contributed by atoms with van der Waals surface area (Å²) in [4.78, 5) is 25.8. The maximum Gasteiger partial charge on any atom is 0.417 e. The number of rotatable bonds is 4. The molecule has 2 rings (SSSR count). The molecule has 0 radical (unpaired) electrons. The first kappa shape index (κ1) is 18.7. The van der Waals surface area contributed by atoms with Gasteiger partial charge >= 0.3 is 6.18 Å². The van der Waals surface area contributed by atoms with Crippen molar-refractivity contribution in [3.05, 3.63) is 50.9 Å². The van der Waals surface area contributed by atoms with Crippen molar-refractivity contribution in [2.45, 2.75) is 6.18 Å². The Morgan fingerprint density at radius 2 is 1.88 bits per heavy atom. The van der Waals surface area contributed by atoms with Gasteiger partial charge in [0.25, 0.3) is 11.5 Å². The zero-order valence-electron chi connectivity index (χ0n) is 13.0. The molecule has 0 saturated heterocycles. The molecule has 10 heteroatoms. The van der Waals surface area contributed by atoms with Crippen LogP contribution in [0.4, 0.5) is 18.9 Å². The van der Waals surface area contributed by atoms with E-state index >= 15 is 0 Å². The Balaban J connectivity index is 2.38. The van der Waals surface area contributed by atoms with Crippen molar-refractivity contribution in [1.82, 2.24) is 4.98 Å². The zero-order valence-corrected chi connectivity index (χ0v) is 13.7. The average molecular weight is 377 g/mol. The van der Waals surface area contributed by atoms with E-state index in [1.807, 2.05) is 4.98 Å². The summed E-state index contributed by atoms with van der Waals surface area (Å²) in [6.07, 6.45) is -4.15. The predicted molar refractivity (Wildman–Crippen MR) is 84.6 cm³/mol. The number of aromatic nitrogens is 1. The molecule has 0 unspecified atom stereocenters. The molecule has 6 nitrogen and oxygen atoms in total. The van der Waals surface area contributed by atoms with Crippen molar-refractivity contribution in [1.29, 1.82) is 0 Å². The van der Waals surface area contributed by atoms with Crippen LogP contribution in [-0.2, 0) is 6.18 Å². The number of anilines is 1. The van der Waals surface area contributed by atoms with Gasteiger partial charge in [-0.2, -0.15) is 13.2 Å². The number of carbonyl (C=O) groups is 1. The van der Waals surface area contributed by atoms with E-state index in [1.54, 1.807) is 0 Å². The Labute approximate surface area is 144 Å². The number of halogens is 4. The van der Waals surface area contributed by atoms with Gasteiger partial charge in [-0.3, -0.25) is 9.59 Å². The molecule has 0 saturated carbocycles.